The summed E-state index contributed by atoms with van der Waals surface area (Å²) < 4.78 is 1.58. The van der Waals surface area contributed by atoms with Crippen molar-refractivity contribution in [3.63, 3.8) is 0 Å². The van der Waals surface area contributed by atoms with Gasteiger partial charge in [0, 0.05) is 11.6 Å². The molecule has 4 rings (SSSR count). The molecule has 2 heterocycles. The minimum atomic E-state index is -1.02. The second kappa shape index (κ2) is 6.21. The van der Waals surface area contributed by atoms with Crippen LogP contribution in [0.3, 0.4) is 0 Å². The topological polar surface area (TPSA) is 110 Å². The largest absolute Gasteiger partial charge is 0.480 e. The third-order valence-corrected chi connectivity index (χ3v) is 4.61. The van der Waals surface area contributed by atoms with Gasteiger partial charge in [0.05, 0.1) is 16.9 Å². The second-order valence-electron chi connectivity index (χ2n) is 6.41. The molecule has 2 aromatic heterocycles. The minimum absolute atomic E-state index is 0.00376. The Bertz CT molecular complexity index is 1000. The van der Waals surface area contributed by atoms with Gasteiger partial charge >= 0.3 is 5.97 Å². The monoisotopic (exact) mass is 351 g/mol. The summed E-state index contributed by atoms with van der Waals surface area (Å²) in [5, 5.41) is 20.8. The average molecular weight is 351 g/mol. The summed E-state index contributed by atoms with van der Waals surface area (Å²) >= 11 is 0. The van der Waals surface area contributed by atoms with Crippen LogP contribution in [0.15, 0.2) is 36.5 Å². The fourth-order valence-electron chi connectivity index (χ4n) is 3.06. The van der Waals surface area contributed by atoms with E-state index in [2.05, 4.69) is 20.6 Å². The van der Waals surface area contributed by atoms with Crippen LogP contribution in [0.1, 0.15) is 29.0 Å². The second-order valence-corrected chi connectivity index (χ2v) is 6.41. The van der Waals surface area contributed by atoms with Crippen LogP contribution < -0.4 is 5.32 Å². The van der Waals surface area contributed by atoms with E-state index in [-0.39, 0.29) is 11.6 Å². The van der Waals surface area contributed by atoms with Gasteiger partial charge in [0.15, 0.2) is 5.69 Å². The van der Waals surface area contributed by atoms with Crippen molar-refractivity contribution >= 4 is 22.8 Å². The van der Waals surface area contributed by atoms with E-state index in [9.17, 15) is 14.7 Å². The van der Waals surface area contributed by atoms with Crippen LogP contribution >= 0.6 is 0 Å². The molecule has 1 aliphatic rings. The molecule has 132 valence electrons. The summed E-state index contributed by atoms with van der Waals surface area (Å²) in [6, 6.07) is 8.50. The number of aromatic nitrogens is 4. The van der Waals surface area contributed by atoms with E-state index in [1.807, 2.05) is 30.3 Å². The van der Waals surface area contributed by atoms with Crippen molar-refractivity contribution in [1.29, 1.82) is 0 Å². The molecular formula is C18H17N5O3. The van der Waals surface area contributed by atoms with Crippen LogP contribution in [0, 0.1) is 12.8 Å². The number of fused-ring (bicyclic) bond motifs is 1. The Balaban J connectivity index is 1.68. The molecular weight excluding hydrogens is 334 g/mol. The smallest absolute Gasteiger partial charge is 0.326 e. The van der Waals surface area contributed by atoms with Crippen molar-refractivity contribution < 1.29 is 14.7 Å². The lowest BCUT2D eigenvalue weighted by atomic mass is 10.1. The lowest BCUT2D eigenvalue weighted by Gasteiger charge is -2.12. The Kier molecular flexibility index (Phi) is 3.87. The Morgan fingerprint density at radius 2 is 2.08 bits per heavy atom. The van der Waals surface area contributed by atoms with E-state index in [0.717, 1.165) is 29.4 Å². The first-order valence-corrected chi connectivity index (χ1v) is 8.36. The van der Waals surface area contributed by atoms with Gasteiger partial charge in [0.1, 0.15) is 6.04 Å². The third-order valence-electron chi connectivity index (χ3n) is 4.61. The summed E-state index contributed by atoms with van der Waals surface area (Å²) in [6.45, 7) is 1.73. The number of aliphatic carboxylic acids is 1. The summed E-state index contributed by atoms with van der Waals surface area (Å²) in [5.74, 6) is -1.55. The number of hydrogen-bond acceptors (Lipinski definition) is 5. The van der Waals surface area contributed by atoms with E-state index in [4.69, 9.17) is 0 Å². The molecule has 8 nitrogen and oxygen atoms in total. The summed E-state index contributed by atoms with van der Waals surface area (Å²) in [4.78, 5) is 28.2. The van der Waals surface area contributed by atoms with Crippen molar-refractivity contribution in [3.05, 3.63) is 47.9 Å². The molecule has 1 atom stereocenters. The van der Waals surface area contributed by atoms with Crippen molar-refractivity contribution in [2.45, 2.75) is 25.8 Å². The Morgan fingerprint density at radius 3 is 2.81 bits per heavy atom. The molecule has 2 N–H and O–H groups in total. The molecule has 3 aromatic rings. The van der Waals surface area contributed by atoms with Gasteiger partial charge in [-0.3, -0.25) is 9.78 Å². The average Bonchev–Trinajstić information content (AvgIpc) is 3.40. The predicted molar refractivity (Wildman–Crippen MR) is 93.0 cm³/mol. The van der Waals surface area contributed by atoms with Crippen LogP contribution in [0.25, 0.3) is 16.6 Å². The van der Waals surface area contributed by atoms with Crippen molar-refractivity contribution in [1.82, 2.24) is 25.3 Å². The van der Waals surface area contributed by atoms with Gasteiger partial charge in [0.25, 0.3) is 5.91 Å². The van der Waals surface area contributed by atoms with Crippen molar-refractivity contribution in [3.8, 4) is 5.69 Å². The molecule has 1 unspecified atom stereocenters. The summed E-state index contributed by atoms with van der Waals surface area (Å²) in [7, 11) is 0. The maximum absolute atomic E-state index is 12.5. The number of rotatable bonds is 5. The zero-order valence-electron chi connectivity index (χ0n) is 14.1. The highest BCUT2D eigenvalue weighted by Crippen LogP contribution is 2.33. The van der Waals surface area contributed by atoms with E-state index in [0.29, 0.717) is 5.69 Å². The lowest BCUT2D eigenvalue weighted by Crippen LogP contribution is -2.42. The highest BCUT2D eigenvalue weighted by Gasteiger charge is 2.38. The van der Waals surface area contributed by atoms with Gasteiger partial charge in [-0.2, -0.15) is 0 Å². The molecule has 0 bridgehead atoms. The first-order chi connectivity index (χ1) is 12.6. The standard InChI is InChI=1S/C18H17N5O3/c1-10-15(17(24)20-16(18(25)26)11-7-8-11)21-22-23(10)14-6-2-5-13-12(14)4-3-9-19-13/h2-6,9,11,16H,7-8H2,1H3,(H,20,24)(H,25,26). The van der Waals surface area contributed by atoms with E-state index in [1.165, 1.54) is 0 Å². The van der Waals surface area contributed by atoms with Gasteiger partial charge < -0.3 is 10.4 Å². The van der Waals surface area contributed by atoms with Crippen LogP contribution in [-0.4, -0.2) is 43.0 Å². The molecule has 1 saturated carbocycles. The van der Waals surface area contributed by atoms with Crippen LogP contribution in [0.4, 0.5) is 0 Å². The molecule has 0 radical (unpaired) electrons. The summed E-state index contributed by atoms with van der Waals surface area (Å²) in [6.07, 6.45) is 3.33. The van der Waals surface area contributed by atoms with Crippen molar-refractivity contribution in [2.24, 2.45) is 5.92 Å². The quantitative estimate of drug-likeness (QED) is 0.724. The van der Waals surface area contributed by atoms with Gasteiger partial charge in [-0.15, -0.1) is 5.10 Å². The Labute approximate surface area is 148 Å². The molecule has 0 saturated heterocycles. The molecule has 1 aliphatic carbocycles. The number of nitrogens with zero attached hydrogens (tertiary/aromatic N) is 4. The fourth-order valence-corrected chi connectivity index (χ4v) is 3.06. The molecule has 0 spiro atoms. The highest BCUT2D eigenvalue weighted by molar-refractivity contribution is 5.96. The minimum Gasteiger partial charge on any atom is -0.480 e. The molecule has 1 amide bonds. The normalized spacial score (nSPS) is 15.0. The number of hydrogen-bond donors (Lipinski definition) is 2. The predicted octanol–water partition coefficient (Wildman–Crippen LogP) is 1.72. The van der Waals surface area contributed by atoms with Crippen LogP contribution in [0.5, 0.6) is 0 Å². The fraction of sp³-hybridized carbons (Fsp3) is 0.278. The van der Waals surface area contributed by atoms with E-state index >= 15 is 0 Å². The number of carboxylic acid groups (broad SMARTS) is 1. The van der Waals surface area contributed by atoms with E-state index in [1.54, 1.807) is 17.8 Å². The zero-order chi connectivity index (χ0) is 18.3. The van der Waals surface area contributed by atoms with E-state index < -0.39 is 17.9 Å². The SMILES string of the molecule is Cc1c(C(=O)NC(C(=O)O)C2CC2)nnn1-c1cccc2ncccc12. The lowest BCUT2D eigenvalue weighted by molar-refractivity contribution is -0.139. The third kappa shape index (κ3) is 2.79. The summed E-state index contributed by atoms with van der Waals surface area (Å²) in [5.41, 5.74) is 2.23. The number of carbonyl (C=O) groups is 2. The van der Waals surface area contributed by atoms with Crippen molar-refractivity contribution in [2.75, 3.05) is 0 Å². The van der Waals surface area contributed by atoms with Gasteiger partial charge in [-0.1, -0.05) is 11.3 Å². The number of pyridine rings is 1. The zero-order valence-corrected chi connectivity index (χ0v) is 14.1. The first-order valence-electron chi connectivity index (χ1n) is 8.36. The molecule has 26 heavy (non-hydrogen) atoms. The van der Waals surface area contributed by atoms with Gasteiger partial charge in [-0.05, 0) is 49.9 Å². The molecule has 8 heteroatoms. The maximum Gasteiger partial charge on any atom is 0.326 e. The first kappa shape index (κ1) is 16.2. The highest BCUT2D eigenvalue weighted by atomic mass is 16.4. The number of amides is 1. The number of carboxylic acids is 1. The Hall–Kier alpha value is -3.29. The van der Waals surface area contributed by atoms with Gasteiger partial charge in [-0.25, -0.2) is 9.48 Å². The number of benzene rings is 1. The molecule has 0 aliphatic heterocycles. The van der Waals surface area contributed by atoms with Crippen LogP contribution in [-0.2, 0) is 4.79 Å². The van der Waals surface area contributed by atoms with Crippen LogP contribution in [0.2, 0.25) is 0 Å². The number of carbonyl (C=O) groups excluding carboxylic acids is 1. The Morgan fingerprint density at radius 1 is 1.27 bits per heavy atom. The molecule has 1 fully saturated rings. The molecule has 1 aromatic carbocycles. The van der Waals surface area contributed by atoms with Gasteiger partial charge in [0.2, 0.25) is 0 Å². The maximum atomic E-state index is 12.5. The number of nitrogens with one attached hydrogen (secondary N) is 1.